The molecule has 1 aliphatic heterocycles. The molecular formula is C20H18ClN3OS. The number of hydrogen-bond acceptors (Lipinski definition) is 4. The molecule has 0 aliphatic carbocycles. The summed E-state index contributed by atoms with van der Waals surface area (Å²) < 4.78 is 1.09. The summed E-state index contributed by atoms with van der Waals surface area (Å²) in [5.41, 5.74) is 2.01. The van der Waals surface area contributed by atoms with Gasteiger partial charge in [-0.15, -0.1) is 0 Å². The molecule has 0 radical (unpaired) electrons. The third-order valence-corrected chi connectivity index (χ3v) is 5.73. The number of hydrogen-bond donors (Lipinski definition) is 0. The number of halogens is 1. The highest BCUT2D eigenvalue weighted by atomic mass is 35.5. The lowest BCUT2D eigenvalue weighted by molar-refractivity contribution is -0.126. The van der Waals surface area contributed by atoms with Gasteiger partial charge in [0.05, 0.1) is 10.2 Å². The summed E-state index contributed by atoms with van der Waals surface area (Å²) in [4.78, 5) is 21.2. The first kappa shape index (κ1) is 17.1. The van der Waals surface area contributed by atoms with E-state index in [1.54, 1.807) is 17.4 Å². The maximum absolute atomic E-state index is 12.4. The summed E-state index contributed by atoms with van der Waals surface area (Å²) in [5.74, 6) is 0.0598. The summed E-state index contributed by atoms with van der Waals surface area (Å²) in [6, 6.07) is 15.6. The van der Waals surface area contributed by atoms with Crippen molar-refractivity contribution in [1.29, 1.82) is 0 Å². The summed E-state index contributed by atoms with van der Waals surface area (Å²) >= 11 is 7.70. The van der Waals surface area contributed by atoms with Crippen molar-refractivity contribution in [2.45, 2.75) is 0 Å². The predicted octanol–water partition coefficient (Wildman–Crippen LogP) is 4.31. The molecule has 1 saturated heterocycles. The quantitative estimate of drug-likeness (QED) is 0.632. The van der Waals surface area contributed by atoms with Crippen LogP contribution in [0.1, 0.15) is 5.56 Å². The highest BCUT2D eigenvalue weighted by Gasteiger charge is 2.22. The van der Waals surface area contributed by atoms with Gasteiger partial charge in [-0.1, -0.05) is 53.3 Å². The molecule has 3 aromatic rings. The average molecular weight is 384 g/mol. The number of piperazine rings is 1. The summed E-state index contributed by atoms with van der Waals surface area (Å²) in [7, 11) is 0. The van der Waals surface area contributed by atoms with Crippen LogP contribution in [0.5, 0.6) is 0 Å². The van der Waals surface area contributed by atoms with E-state index in [0.29, 0.717) is 13.1 Å². The Morgan fingerprint density at radius 3 is 2.62 bits per heavy atom. The second-order valence-electron chi connectivity index (χ2n) is 6.16. The molecule has 4 rings (SSSR count). The van der Waals surface area contributed by atoms with Crippen molar-refractivity contribution in [3.63, 3.8) is 0 Å². The number of anilines is 1. The molecule has 2 heterocycles. The van der Waals surface area contributed by atoms with Gasteiger partial charge < -0.3 is 9.80 Å². The van der Waals surface area contributed by atoms with Crippen LogP contribution in [0, 0.1) is 0 Å². The van der Waals surface area contributed by atoms with Gasteiger partial charge in [0.1, 0.15) is 0 Å². The highest BCUT2D eigenvalue weighted by Crippen LogP contribution is 2.31. The zero-order valence-electron chi connectivity index (χ0n) is 14.1. The first-order valence-corrected chi connectivity index (χ1v) is 9.71. The van der Waals surface area contributed by atoms with Crippen LogP contribution >= 0.6 is 22.9 Å². The van der Waals surface area contributed by atoms with Crippen LogP contribution in [-0.2, 0) is 4.79 Å². The van der Waals surface area contributed by atoms with Gasteiger partial charge in [0.25, 0.3) is 0 Å². The molecule has 0 unspecified atom stereocenters. The van der Waals surface area contributed by atoms with Crippen molar-refractivity contribution < 1.29 is 4.79 Å². The molecule has 0 atom stereocenters. The lowest BCUT2D eigenvalue weighted by Gasteiger charge is -2.34. The van der Waals surface area contributed by atoms with E-state index in [2.05, 4.69) is 4.90 Å². The van der Waals surface area contributed by atoms with Crippen molar-refractivity contribution in [1.82, 2.24) is 9.88 Å². The van der Waals surface area contributed by atoms with Crippen molar-refractivity contribution in [2.24, 2.45) is 0 Å². The van der Waals surface area contributed by atoms with Gasteiger partial charge in [-0.25, -0.2) is 4.98 Å². The van der Waals surface area contributed by atoms with Crippen LogP contribution in [0.3, 0.4) is 0 Å². The number of fused-ring (bicyclic) bond motifs is 1. The Labute approximate surface area is 161 Å². The van der Waals surface area contributed by atoms with Gasteiger partial charge in [-0.3, -0.25) is 4.79 Å². The molecule has 1 amide bonds. The van der Waals surface area contributed by atoms with E-state index in [-0.39, 0.29) is 5.91 Å². The first-order chi connectivity index (χ1) is 12.7. The van der Waals surface area contributed by atoms with Gasteiger partial charge in [-0.2, -0.15) is 0 Å². The van der Waals surface area contributed by atoms with Crippen molar-refractivity contribution in [3.8, 4) is 0 Å². The average Bonchev–Trinajstić information content (AvgIpc) is 3.10. The van der Waals surface area contributed by atoms with Gasteiger partial charge in [0, 0.05) is 37.3 Å². The molecule has 132 valence electrons. The molecule has 1 fully saturated rings. The molecule has 1 aromatic heterocycles. The van der Waals surface area contributed by atoms with E-state index in [0.717, 1.165) is 39.0 Å². The van der Waals surface area contributed by atoms with E-state index < -0.39 is 0 Å². The van der Waals surface area contributed by atoms with Crippen molar-refractivity contribution >= 4 is 50.3 Å². The fourth-order valence-electron chi connectivity index (χ4n) is 2.98. The number of amides is 1. The Morgan fingerprint density at radius 2 is 1.85 bits per heavy atom. The van der Waals surface area contributed by atoms with Crippen LogP contribution in [0.25, 0.3) is 16.3 Å². The predicted molar refractivity (Wildman–Crippen MR) is 109 cm³/mol. The lowest BCUT2D eigenvalue weighted by Crippen LogP contribution is -2.48. The van der Waals surface area contributed by atoms with E-state index in [1.165, 1.54) is 0 Å². The number of thiazole rings is 1. The molecular weight excluding hydrogens is 366 g/mol. The fraction of sp³-hybridized carbons (Fsp3) is 0.200. The number of benzene rings is 2. The minimum Gasteiger partial charge on any atom is -0.345 e. The third-order valence-electron chi connectivity index (χ3n) is 4.42. The zero-order valence-corrected chi connectivity index (χ0v) is 15.7. The van der Waals surface area contributed by atoms with Crippen molar-refractivity contribution in [3.05, 3.63) is 65.2 Å². The first-order valence-electron chi connectivity index (χ1n) is 8.52. The second kappa shape index (κ2) is 7.48. The maximum atomic E-state index is 12.4. The molecule has 4 nitrogen and oxygen atoms in total. The number of carbonyl (C=O) groups is 1. The molecule has 2 aromatic carbocycles. The minimum atomic E-state index is 0.0598. The van der Waals surface area contributed by atoms with Gasteiger partial charge in [0.2, 0.25) is 5.91 Å². The number of aromatic nitrogens is 1. The number of carbonyl (C=O) groups excluding carboxylic acids is 1. The second-order valence-corrected chi connectivity index (χ2v) is 7.61. The normalized spacial score (nSPS) is 15.1. The zero-order chi connectivity index (χ0) is 17.9. The van der Waals surface area contributed by atoms with E-state index in [9.17, 15) is 4.79 Å². The smallest absolute Gasteiger partial charge is 0.246 e. The monoisotopic (exact) mass is 383 g/mol. The topological polar surface area (TPSA) is 36.4 Å². The Bertz CT molecular complexity index is 946. The van der Waals surface area contributed by atoms with E-state index in [4.69, 9.17) is 16.6 Å². The molecule has 0 saturated carbocycles. The Morgan fingerprint density at radius 1 is 1.08 bits per heavy atom. The van der Waals surface area contributed by atoms with E-state index >= 15 is 0 Å². The Hall–Kier alpha value is -2.37. The third kappa shape index (κ3) is 3.74. The molecule has 6 heteroatoms. The largest absolute Gasteiger partial charge is 0.345 e. The van der Waals surface area contributed by atoms with Crippen LogP contribution in [-0.4, -0.2) is 42.0 Å². The van der Waals surface area contributed by atoms with Crippen LogP contribution in [0.15, 0.2) is 54.6 Å². The molecule has 0 bridgehead atoms. The van der Waals surface area contributed by atoms with Crippen LogP contribution in [0.4, 0.5) is 5.13 Å². The summed E-state index contributed by atoms with van der Waals surface area (Å²) in [6.07, 6.45) is 3.52. The molecule has 1 aliphatic rings. The van der Waals surface area contributed by atoms with Crippen LogP contribution in [0.2, 0.25) is 5.02 Å². The maximum Gasteiger partial charge on any atom is 0.246 e. The summed E-state index contributed by atoms with van der Waals surface area (Å²) in [5, 5.41) is 1.72. The minimum absolute atomic E-state index is 0.0598. The van der Waals surface area contributed by atoms with Crippen LogP contribution < -0.4 is 4.90 Å². The lowest BCUT2D eigenvalue weighted by atomic mass is 10.2. The van der Waals surface area contributed by atoms with Crippen molar-refractivity contribution in [2.75, 3.05) is 31.1 Å². The van der Waals surface area contributed by atoms with Gasteiger partial charge in [-0.05, 0) is 29.8 Å². The molecule has 0 N–H and O–H groups in total. The van der Waals surface area contributed by atoms with Gasteiger partial charge in [0.15, 0.2) is 5.13 Å². The van der Waals surface area contributed by atoms with E-state index in [1.807, 2.05) is 59.5 Å². The highest BCUT2D eigenvalue weighted by molar-refractivity contribution is 7.22. The Kier molecular flexibility index (Phi) is 4.91. The fourth-order valence-corrected chi connectivity index (χ4v) is 4.27. The Balaban J connectivity index is 1.38. The molecule has 26 heavy (non-hydrogen) atoms. The van der Waals surface area contributed by atoms with Gasteiger partial charge >= 0.3 is 0 Å². The SMILES string of the molecule is O=C(/C=C/c1ccccc1)N1CCN(c2nc3ccc(Cl)cc3s2)CC1. The summed E-state index contributed by atoms with van der Waals surface area (Å²) in [6.45, 7) is 2.99. The number of nitrogens with zero attached hydrogens (tertiary/aromatic N) is 3. The molecule has 0 spiro atoms. The number of rotatable bonds is 3. The standard InChI is InChI=1S/C20H18ClN3OS/c21-16-7-8-17-18(14-16)26-20(22-17)24-12-10-23(11-13-24)19(25)9-6-15-4-2-1-3-5-15/h1-9,14H,10-13H2/b9-6+.